The molecule has 1 aliphatic heterocycles. The first-order valence-electron chi connectivity index (χ1n) is 8.64. The molecule has 0 saturated carbocycles. The molecule has 0 radical (unpaired) electrons. The van der Waals surface area contributed by atoms with Crippen molar-refractivity contribution in [2.75, 3.05) is 13.1 Å². The van der Waals surface area contributed by atoms with E-state index < -0.39 is 10.0 Å². The Bertz CT molecular complexity index is 1010. The molecule has 1 aromatic heterocycles. The van der Waals surface area contributed by atoms with Gasteiger partial charge in [-0.05, 0) is 24.1 Å². The van der Waals surface area contributed by atoms with Crippen LogP contribution in [0, 0.1) is 0 Å². The number of para-hydroxylation sites is 1. The number of aromatic nitrogens is 1. The van der Waals surface area contributed by atoms with E-state index in [1.54, 1.807) is 0 Å². The van der Waals surface area contributed by atoms with Gasteiger partial charge in [0.15, 0.2) is 0 Å². The van der Waals surface area contributed by atoms with Crippen LogP contribution in [0.4, 0.5) is 0 Å². The Hall–Kier alpha value is -2.44. The standard InChI is InChI=1S/C20H20N2O3S/c23-26(24,15-16-6-2-1-3-7-16)22-13-12-18(14-22)25-20-11-10-17-8-4-5-9-19(17)21-20/h1-11,18H,12-15H2. The third-order valence-corrected chi connectivity index (χ3v) is 6.37. The third-order valence-electron chi connectivity index (χ3n) is 4.55. The van der Waals surface area contributed by atoms with Gasteiger partial charge < -0.3 is 4.74 Å². The van der Waals surface area contributed by atoms with Crippen molar-refractivity contribution in [3.8, 4) is 5.88 Å². The normalized spacial score (nSPS) is 18.2. The highest BCUT2D eigenvalue weighted by Crippen LogP contribution is 2.23. The number of pyridine rings is 1. The molecular formula is C20H20N2O3S. The SMILES string of the molecule is O=S(=O)(Cc1ccccc1)N1CCC(Oc2ccc3ccccc3n2)C1. The Morgan fingerprint density at radius 1 is 1.00 bits per heavy atom. The lowest BCUT2D eigenvalue weighted by Crippen LogP contribution is -2.32. The van der Waals surface area contributed by atoms with Crippen molar-refractivity contribution in [2.24, 2.45) is 0 Å². The second-order valence-electron chi connectivity index (χ2n) is 6.47. The minimum Gasteiger partial charge on any atom is -0.473 e. The Labute approximate surface area is 153 Å². The molecule has 0 amide bonds. The number of ether oxygens (including phenoxy) is 1. The van der Waals surface area contributed by atoms with Crippen LogP contribution < -0.4 is 4.74 Å². The summed E-state index contributed by atoms with van der Waals surface area (Å²) in [6.07, 6.45) is 0.497. The average molecular weight is 368 g/mol. The van der Waals surface area contributed by atoms with E-state index >= 15 is 0 Å². The van der Waals surface area contributed by atoms with Crippen LogP contribution in [-0.2, 0) is 15.8 Å². The fourth-order valence-corrected chi connectivity index (χ4v) is 4.78. The molecule has 0 spiro atoms. The van der Waals surface area contributed by atoms with Crippen LogP contribution >= 0.6 is 0 Å². The largest absolute Gasteiger partial charge is 0.473 e. The lowest BCUT2D eigenvalue weighted by atomic mass is 10.2. The molecule has 134 valence electrons. The highest BCUT2D eigenvalue weighted by molar-refractivity contribution is 7.88. The Morgan fingerprint density at radius 3 is 2.62 bits per heavy atom. The topological polar surface area (TPSA) is 59.5 Å². The first kappa shape index (κ1) is 17.0. The van der Waals surface area contributed by atoms with Gasteiger partial charge in [-0.15, -0.1) is 0 Å². The van der Waals surface area contributed by atoms with E-state index in [1.165, 1.54) is 4.31 Å². The van der Waals surface area contributed by atoms with E-state index in [1.807, 2.05) is 66.7 Å². The molecule has 1 atom stereocenters. The van der Waals surface area contributed by atoms with Crippen LogP contribution in [0.5, 0.6) is 5.88 Å². The molecule has 4 rings (SSSR count). The third kappa shape index (κ3) is 3.71. The summed E-state index contributed by atoms with van der Waals surface area (Å²) < 4.78 is 32.7. The van der Waals surface area contributed by atoms with Gasteiger partial charge in [0.25, 0.3) is 0 Å². The molecular weight excluding hydrogens is 348 g/mol. The molecule has 1 fully saturated rings. The summed E-state index contributed by atoms with van der Waals surface area (Å²) in [5.41, 5.74) is 1.67. The van der Waals surface area contributed by atoms with Gasteiger partial charge in [-0.1, -0.05) is 48.5 Å². The molecule has 6 heteroatoms. The van der Waals surface area contributed by atoms with Crippen LogP contribution in [0.25, 0.3) is 10.9 Å². The van der Waals surface area contributed by atoms with Crippen molar-refractivity contribution in [3.63, 3.8) is 0 Å². The number of rotatable bonds is 5. The number of sulfonamides is 1. The van der Waals surface area contributed by atoms with Crippen molar-refractivity contribution < 1.29 is 13.2 Å². The van der Waals surface area contributed by atoms with Crippen molar-refractivity contribution in [2.45, 2.75) is 18.3 Å². The molecule has 0 aliphatic carbocycles. The molecule has 0 bridgehead atoms. The lowest BCUT2D eigenvalue weighted by Gasteiger charge is -2.17. The minimum atomic E-state index is -3.34. The maximum Gasteiger partial charge on any atom is 0.218 e. The molecule has 1 aliphatic rings. The van der Waals surface area contributed by atoms with Gasteiger partial charge in [-0.2, -0.15) is 4.31 Å². The first-order chi connectivity index (χ1) is 12.6. The van der Waals surface area contributed by atoms with Gasteiger partial charge in [-0.3, -0.25) is 0 Å². The molecule has 3 aromatic rings. The highest BCUT2D eigenvalue weighted by atomic mass is 32.2. The van der Waals surface area contributed by atoms with Crippen LogP contribution in [0.3, 0.4) is 0 Å². The summed E-state index contributed by atoms with van der Waals surface area (Å²) >= 11 is 0. The Kier molecular flexibility index (Phi) is 4.61. The molecule has 5 nitrogen and oxygen atoms in total. The van der Waals surface area contributed by atoms with Crippen LogP contribution in [0.15, 0.2) is 66.7 Å². The molecule has 0 N–H and O–H groups in total. The van der Waals surface area contributed by atoms with E-state index in [0.717, 1.165) is 16.5 Å². The van der Waals surface area contributed by atoms with Crippen molar-refractivity contribution in [1.82, 2.24) is 9.29 Å². The number of benzene rings is 2. The molecule has 1 unspecified atom stereocenters. The van der Waals surface area contributed by atoms with E-state index in [2.05, 4.69) is 4.98 Å². The summed E-state index contributed by atoms with van der Waals surface area (Å²) in [5.74, 6) is 0.561. The van der Waals surface area contributed by atoms with Crippen LogP contribution in [0.1, 0.15) is 12.0 Å². The number of nitrogens with zero attached hydrogens (tertiary/aromatic N) is 2. The predicted molar refractivity (Wildman–Crippen MR) is 101 cm³/mol. The summed E-state index contributed by atoms with van der Waals surface area (Å²) in [6.45, 7) is 0.844. The number of hydrogen-bond acceptors (Lipinski definition) is 4. The average Bonchev–Trinajstić information content (AvgIpc) is 3.12. The molecule has 2 aromatic carbocycles. The second kappa shape index (κ2) is 7.05. The van der Waals surface area contributed by atoms with Gasteiger partial charge in [0.1, 0.15) is 6.10 Å². The van der Waals surface area contributed by atoms with Crippen LogP contribution in [-0.4, -0.2) is 36.9 Å². The van der Waals surface area contributed by atoms with Gasteiger partial charge in [0.05, 0.1) is 17.8 Å². The Balaban J connectivity index is 1.42. The lowest BCUT2D eigenvalue weighted by molar-refractivity contribution is 0.207. The maximum absolute atomic E-state index is 12.6. The molecule has 26 heavy (non-hydrogen) atoms. The molecule has 1 saturated heterocycles. The second-order valence-corrected chi connectivity index (χ2v) is 8.44. The van der Waals surface area contributed by atoms with Crippen molar-refractivity contribution in [3.05, 3.63) is 72.3 Å². The van der Waals surface area contributed by atoms with Gasteiger partial charge in [0.2, 0.25) is 15.9 Å². The first-order valence-corrected chi connectivity index (χ1v) is 10.3. The van der Waals surface area contributed by atoms with E-state index in [-0.39, 0.29) is 11.9 Å². The summed E-state index contributed by atoms with van der Waals surface area (Å²) in [4.78, 5) is 4.50. The summed E-state index contributed by atoms with van der Waals surface area (Å²) in [6, 6.07) is 20.9. The monoisotopic (exact) mass is 368 g/mol. The van der Waals surface area contributed by atoms with Crippen molar-refractivity contribution in [1.29, 1.82) is 0 Å². The van der Waals surface area contributed by atoms with E-state index in [9.17, 15) is 8.42 Å². The quantitative estimate of drug-likeness (QED) is 0.694. The van der Waals surface area contributed by atoms with Crippen LogP contribution in [0.2, 0.25) is 0 Å². The van der Waals surface area contributed by atoms with E-state index in [4.69, 9.17) is 4.74 Å². The smallest absolute Gasteiger partial charge is 0.218 e. The number of fused-ring (bicyclic) bond motifs is 1. The fourth-order valence-electron chi connectivity index (χ4n) is 3.21. The van der Waals surface area contributed by atoms with Gasteiger partial charge in [-0.25, -0.2) is 13.4 Å². The maximum atomic E-state index is 12.6. The fraction of sp³-hybridized carbons (Fsp3) is 0.250. The predicted octanol–water partition coefficient (Wildman–Crippen LogP) is 3.22. The van der Waals surface area contributed by atoms with Crippen molar-refractivity contribution >= 4 is 20.9 Å². The van der Waals surface area contributed by atoms with Gasteiger partial charge >= 0.3 is 0 Å². The number of hydrogen-bond donors (Lipinski definition) is 0. The van der Waals surface area contributed by atoms with E-state index in [0.29, 0.717) is 25.4 Å². The van der Waals surface area contributed by atoms with Gasteiger partial charge in [0, 0.05) is 18.0 Å². The zero-order chi connectivity index (χ0) is 18.0. The zero-order valence-corrected chi connectivity index (χ0v) is 15.1. The Morgan fingerprint density at radius 2 is 1.77 bits per heavy atom. The zero-order valence-electron chi connectivity index (χ0n) is 14.3. The summed E-state index contributed by atoms with van der Waals surface area (Å²) in [7, 11) is -3.34. The summed E-state index contributed by atoms with van der Waals surface area (Å²) in [5, 5.41) is 1.05. The molecule has 2 heterocycles. The highest BCUT2D eigenvalue weighted by Gasteiger charge is 2.32. The minimum absolute atomic E-state index is 0.0226.